The molecule has 5 nitrogen and oxygen atoms in total. The normalized spacial score (nSPS) is 12.3. The van der Waals surface area contributed by atoms with Crippen LogP contribution in [0.5, 0.6) is 0 Å². The van der Waals surface area contributed by atoms with Gasteiger partial charge in [0.2, 0.25) is 0 Å². The Hall–Kier alpha value is -1.85. The Bertz CT molecular complexity index is 722. The molecule has 112 valence electrons. The minimum atomic E-state index is -0.520. The Labute approximate surface area is 127 Å². The fourth-order valence-electron chi connectivity index (χ4n) is 2.28. The summed E-state index contributed by atoms with van der Waals surface area (Å²) in [5, 5.41) is 0.0553. The molecule has 2 aromatic rings. The van der Waals surface area contributed by atoms with Crippen molar-refractivity contribution in [2.45, 2.75) is 19.4 Å². The molecular weight excluding hydrogens is 292 g/mol. The van der Waals surface area contributed by atoms with Gasteiger partial charge < -0.3 is 4.74 Å². The van der Waals surface area contributed by atoms with E-state index in [1.807, 2.05) is 25.1 Å². The van der Waals surface area contributed by atoms with E-state index in [4.69, 9.17) is 16.3 Å². The van der Waals surface area contributed by atoms with Crippen LogP contribution >= 0.6 is 11.6 Å². The lowest BCUT2D eigenvalue weighted by Crippen LogP contribution is -2.40. The van der Waals surface area contributed by atoms with Crippen molar-refractivity contribution in [3.63, 3.8) is 0 Å². The first-order valence-electron chi connectivity index (χ1n) is 6.68. The molecule has 21 heavy (non-hydrogen) atoms. The van der Waals surface area contributed by atoms with Crippen molar-refractivity contribution in [2.24, 2.45) is 0 Å². The van der Waals surface area contributed by atoms with E-state index in [1.54, 1.807) is 12.1 Å². The summed E-state index contributed by atoms with van der Waals surface area (Å²) in [5.74, 6) is 0. The number of methoxy groups -OCH3 is 1. The third kappa shape index (κ3) is 3.09. The standard InChI is InChI=1S/C15H17ClN2O3/c1-3-11(9-21-2)18-14(19)12(13(16)17-15(18)20)10-7-5-4-6-8-10/h4-8,11H,3,9H2,1-2H3,(H,17,20). The molecule has 0 saturated heterocycles. The number of benzene rings is 1. The number of hydrogen-bond acceptors (Lipinski definition) is 3. The molecule has 1 aromatic carbocycles. The molecule has 0 aliphatic carbocycles. The lowest BCUT2D eigenvalue weighted by atomic mass is 10.1. The molecule has 0 spiro atoms. The highest BCUT2D eigenvalue weighted by molar-refractivity contribution is 6.32. The zero-order valence-electron chi connectivity index (χ0n) is 11.9. The summed E-state index contributed by atoms with van der Waals surface area (Å²) < 4.78 is 6.27. The van der Waals surface area contributed by atoms with Crippen LogP contribution < -0.4 is 11.2 Å². The van der Waals surface area contributed by atoms with E-state index in [0.29, 0.717) is 17.5 Å². The average molecular weight is 309 g/mol. The Balaban J connectivity index is 2.69. The molecule has 6 heteroatoms. The lowest BCUT2D eigenvalue weighted by molar-refractivity contribution is 0.149. The summed E-state index contributed by atoms with van der Waals surface area (Å²) in [6.07, 6.45) is 0.604. The number of aromatic nitrogens is 2. The van der Waals surface area contributed by atoms with Gasteiger partial charge in [-0.2, -0.15) is 0 Å². The largest absolute Gasteiger partial charge is 0.383 e. The quantitative estimate of drug-likeness (QED) is 0.863. The van der Waals surface area contributed by atoms with E-state index in [-0.39, 0.29) is 17.8 Å². The first-order valence-corrected chi connectivity index (χ1v) is 7.06. The van der Waals surface area contributed by atoms with Gasteiger partial charge in [0, 0.05) is 7.11 Å². The molecule has 0 saturated carbocycles. The highest BCUT2D eigenvalue weighted by Crippen LogP contribution is 2.21. The zero-order valence-corrected chi connectivity index (χ0v) is 12.7. The first-order chi connectivity index (χ1) is 10.1. The van der Waals surface area contributed by atoms with Crippen LogP contribution in [0.3, 0.4) is 0 Å². The minimum absolute atomic E-state index is 0.0553. The number of aromatic amines is 1. The van der Waals surface area contributed by atoms with Gasteiger partial charge >= 0.3 is 5.69 Å². The Kier molecular flexibility index (Phi) is 4.98. The van der Waals surface area contributed by atoms with Crippen molar-refractivity contribution < 1.29 is 4.74 Å². The Morgan fingerprint density at radius 1 is 1.29 bits per heavy atom. The average Bonchev–Trinajstić information content (AvgIpc) is 2.47. The summed E-state index contributed by atoms with van der Waals surface area (Å²) in [7, 11) is 1.54. The second-order valence-electron chi connectivity index (χ2n) is 4.68. The van der Waals surface area contributed by atoms with Crippen molar-refractivity contribution >= 4 is 11.6 Å². The second kappa shape index (κ2) is 6.74. The third-order valence-corrected chi connectivity index (χ3v) is 3.63. The van der Waals surface area contributed by atoms with Crippen LogP contribution in [0.2, 0.25) is 5.15 Å². The maximum Gasteiger partial charge on any atom is 0.329 e. The fourth-order valence-corrected chi connectivity index (χ4v) is 2.55. The molecule has 1 heterocycles. The molecule has 0 radical (unpaired) electrons. The fraction of sp³-hybridized carbons (Fsp3) is 0.333. The number of halogens is 1. The molecule has 0 amide bonds. The van der Waals surface area contributed by atoms with E-state index in [0.717, 1.165) is 0 Å². The van der Waals surface area contributed by atoms with Crippen LogP contribution in [0.4, 0.5) is 0 Å². The summed E-state index contributed by atoms with van der Waals surface area (Å²) in [6, 6.07) is 8.71. The highest BCUT2D eigenvalue weighted by Gasteiger charge is 2.19. The molecule has 0 aliphatic heterocycles. The van der Waals surface area contributed by atoms with Gasteiger partial charge in [-0.3, -0.25) is 14.3 Å². The van der Waals surface area contributed by atoms with Crippen LogP contribution in [0.15, 0.2) is 39.9 Å². The van der Waals surface area contributed by atoms with Gasteiger partial charge in [0.15, 0.2) is 0 Å². The Morgan fingerprint density at radius 2 is 1.95 bits per heavy atom. The van der Waals surface area contributed by atoms with Crippen LogP contribution in [0, 0.1) is 0 Å². The molecular formula is C15H17ClN2O3. The van der Waals surface area contributed by atoms with Crippen molar-refractivity contribution in [1.29, 1.82) is 0 Å². The van der Waals surface area contributed by atoms with Gasteiger partial charge in [-0.25, -0.2) is 4.79 Å². The summed E-state index contributed by atoms with van der Waals surface area (Å²) in [4.78, 5) is 27.3. The molecule has 1 unspecified atom stereocenters. The van der Waals surface area contributed by atoms with Crippen LogP contribution in [0.25, 0.3) is 11.1 Å². The minimum Gasteiger partial charge on any atom is -0.383 e. The Morgan fingerprint density at radius 3 is 2.52 bits per heavy atom. The van der Waals surface area contributed by atoms with Gasteiger partial charge in [0.25, 0.3) is 5.56 Å². The molecule has 0 bridgehead atoms. The third-order valence-electron chi connectivity index (χ3n) is 3.35. The van der Waals surface area contributed by atoms with Gasteiger partial charge in [0.1, 0.15) is 5.15 Å². The molecule has 2 rings (SSSR count). The topological polar surface area (TPSA) is 64.1 Å². The van der Waals surface area contributed by atoms with E-state index < -0.39 is 11.2 Å². The highest BCUT2D eigenvalue weighted by atomic mass is 35.5. The van der Waals surface area contributed by atoms with E-state index in [2.05, 4.69) is 4.98 Å². The summed E-state index contributed by atoms with van der Waals surface area (Å²) in [6.45, 7) is 2.18. The second-order valence-corrected chi connectivity index (χ2v) is 5.06. The number of H-pyrrole nitrogens is 1. The predicted octanol–water partition coefficient (Wildman–Crippen LogP) is 2.45. The molecule has 1 aromatic heterocycles. The van der Waals surface area contributed by atoms with Gasteiger partial charge in [0.05, 0.1) is 18.2 Å². The monoisotopic (exact) mass is 308 g/mol. The van der Waals surface area contributed by atoms with Gasteiger partial charge in [-0.05, 0) is 12.0 Å². The van der Waals surface area contributed by atoms with Crippen molar-refractivity contribution in [3.05, 3.63) is 56.3 Å². The molecule has 0 aliphatic rings. The van der Waals surface area contributed by atoms with Gasteiger partial charge in [-0.15, -0.1) is 0 Å². The number of rotatable bonds is 5. The van der Waals surface area contributed by atoms with Crippen molar-refractivity contribution in [1.82, 2.24) is 9.55 Å². The zero-order chi connectivity index (χ0) is 15.4. The van der Waals surface area contributed by atoms with E-state index in [1.165, 1.54) is 11.7 Å². The maximum atomic E-state index is 12.7. The SMILES string of the molecule is CCC(COC)n1c(=O)[nH]c(Cl)c(-c2ccccc2)c1=O. The van der Waals surface area contributed by atoms with Crippen molar-refractivity contribution in [2.75, 3.05) is 13.7 Å². The number of nitrogens with one attached hydrogen (secondary N) is 1. The molecule has 0 fully saturated rings. The van der Waals surface area contributed by atoms with Crippen LogP contribution in [-0.2, 0) is 4.74 Å². The van der Waals surface area contributed by atoms with E-state index in [9.17, 15) is 9.59 Å². The maximum absolute atomic E-state index is 12.7. The van der Waals surface area contributed by atoms with E-state index >= 15 is 0 Å². The van der Waals surface area contributed by atoms with Crippen LogP contribution in [-0.4, -0.2) is 23.3 Å². The smallest absolute Gasteiger partial charge is 0.329 e. The summed E-state index contributed by atoms with van der Waals surface area (Å²) in [5.41, 5.74) is 0.0450. The predicted molar refractivity (Wildman–Crippen MR) is 83.0 cm³/mol. The number of ether oxygens (including phenoxy) is 1. The van der Waals surface area contributed by atoms with Crippen LogP contribution in [0.1, 0.15) is 19.4 Å². The number of hydrogen-bond donors (Lipinski definition) is 1. The van der Waals surface area contributed by atoms with Crippen molar-refractivity contribution in [3.8, 4) is 11.1 Å². The van der Waals surface area contributed by atoms with Gasteiger partial charge in [-0.1, -0.05) is 48.9 Å². The summed E-state index contributed by atoms with van der Waals surface area (Å²) >= 11 is 6.07. The number of nitrogens with zero attached hydrogens (tertiary/aromatic N) is 1. The molecule has 1 atom stereocenters. The lowest BCUT2D eigenvalue weighted by Gasteiger charge is -2.17. The molecule has 1 N–H and O–H groups in total. The first kappa shape index (κ1) is 15.5.